The van der Waals surface area contributed by atoms with E-state index in [9.17, 15) is 155 Å². The van der Waals surface area contributed by atoms with Crippen LogP contribution in [-0.2, 0) is 125 Å². The normalized spacial score (nSPS) is 16.4. The van der Waals surface area contributed by atoms with E-state index in [1.54, 1.807) is 0 Å². The highest BCUT2D eigenvalue weighted by molar-refractivity contribution is 7.80. The van der Waals surface area contributed by atoms with Gasteiger partial charge in [0, 0.05) is 63.1 Å². The van der Waals surface area contributed by atoms with Crippen LogP contribution in [0.25, 0.3) is 0 Å². The number of aliphatic carboxylic acids is 5. The maximum Gasteiger partial charge on any atom is 0.326 e. The van der Waals surface area contributed by atoms with Crippen LogP contribution in [0.3, 0.4) is 0 Å². The molecule has 0 unspecified atom stereocenters. The summed E-state index contributed by atoms with van der Waals surface area (Å²) in [6.45, 7) is -1.80. The zero-order valence-corrected chi connectivity index (χ0v) is 69.3. The van der Waals surface area contributed by atoms with E-state index in [0.29, 0.717) is 0 Å². The van der Waals surface area contributed by atoms with Crippen LogP contribution in [0, 0.1) is 0 Å². The van der Waals surface area contributed by atoms with E-state index in [0.717, 1.165) is 16.7 Å². The van der Waals surface area contributed by atoms with Crippen LogP contribution in [0.5, 0.6) is 0 Å². The van der Waals surface area contributed by atoms with Crippen LogP contribution in [0.4, 0.5) is 0 Å². The summed E-state index contributed by atoms with van der Waals surface area (Å²) < 4.78 is 0. The quantitative estimate of drug-likeness (QED) is 0.0251. The molecule has 696 valence electrons. The number of carbonyl (C=O) groups excluding carboxylic acids is 21. The van der Waals surface area contributed by atoms with Gasteiger partial charge in [-0.15, -0.1) is 0 Å². The number of primary amides is 4. The first-order chi connectivity index (χ1) is 58.5. The van der Waals surface area contributed by atoms with Crippen molar-refractivity contribution in [3.63, 3.8) is 0 Å². The number of rotatable bonds is 58. The van der Waals surface area contributed by atoms with Gasteiger partial charge < -0.3 is 149 Å². The van der Waals surface area contributed by atoms with E-state index in [-0.39, 0.29) is 44.5 Å². The molecule has 15 atom stereocenters. The molecule has 2 rings (SSSR count). The van der Waals surface area contributed by atoms with E-state index < -0.39 is 366 Å². The van der Waals surface area contributed by atoms with E-state index in [1.165, 1.54) is 6.92 Å². The highest BCUT2D eigenvalue weighted by Crippen LogP contribution is 2.22. The minimum atomic E-state index is -1.97. The van der Waals surface area contributed by atoms with Gasteiger partial charge in [-0.3, -0.25) is 120 Å². The van der Waals surface area contributed by atoms with Gasteiger partial charge in [0.15, 0.2) is 0 Å². The van der Waals surface area contributed by atoms with Crippen molar-refractivity contribution in [3.05, 3.63) is 0 Å². The van der Waals surface area contributed by atoms with Crippen molar-refractivity contribution in [2.75, 3.05) is 50.8 Å². The Morgan fingerprint density at radius 2 is 0.616 bits per heavy atom. The van der Waals surface area contributed by atoms with Gasteiger partial charge in [-0.2, -0.15) is 25.3 Å². The Kier molecular flexibility index (Phi) is 46.9. The van der Waals surface area contributed by atoms with Gasteiger partial charge in [0.1, 0.15) is 84.6 Å². The maximum atomic E-state index is 14.2. The predicted octanol–water partition coefficient (Wildman–Crippen LogP) is -14.8. The molecule has 0 bridgehead atoms. The molecule has 0 saturated carbocycles. The second-order valence-electron chi connectivity index (χ2n) is 28.4. The predicted molar refractivity (Wildman–Crippen MR) is 425 cm³/mol. The smallest absolute Gasteiger partial charge is 0.326 e. The number of thiol groups is 2. The zero-order chi connectivity index (χ0) is 94.8. The van der Waals surface area contributed by atoms with Crippen molar-refractivity contribution in [2.24, 2.45) is 28.7 Å². The number of nitrogens with two attached hydrogens (primary N) is 5. The number of nitrogens with zero attached hydrogens (tertiary/aromatic N) is 2. The van der Waals surface area contributed by atoms with Gasteiger partial charge in [-0.25, -0.2) is 4.79 Å². The fourth-order valence-corrected chi connectivity index (χ4v) is 12.3. The fraction of sp³-hybridized carbons (Fsp3) is 0.623. The lowest BCUT2D eigenvalue weighted by atomic mass is 10.0. The Morgan fingerprint density at radius 1 is 0.336 bits per heavy atom. The fourth-order valence-electron chi connectivity index (χ4n) is 11.8. The van der Waals surface area contributed by atoms with Crippen molar-refractivity contribution in [1.82, 2.24) is 89.6 Å². The number of amides is 21. The Morgan fingerprint density at radius 3 is 0.920 bits per heavy atom. The molecule has 0 aromatic heterocycles. The first kappa shape index (κ1) is 108. The molecule has 0 aromatic carbocycles. The summed E-state index contributed by atoms with van der Waals surface area (Å²) in [6.07, 6.45) is -10.5. The summed E-state index contributed by atoms with van der Waals surface area (Å²) in [7, 11) is 0. The molecule has 2 heterocycles. The summed E-state index contributed by atoms with van der Waals surface area (Å²) in [6, 6.07) is -25.7. The molecular formula is C69H106N22O32S2. The van der Waals surface area contributed by atoms with Crippen LogP contribution in [0.2, 0.25) is 0 Å². The van der Waals surface area contributed by atoms with Crippen molar-refractivity contribution in [3.8, 4) is 0 Å². The molecule has 0 spiro atoms. The molecular weight excluding hydrogens is 1710 g/mol. The van der Waals surface area contributed by atoms with Crippen LogP contribution < -0.4 is 108 Å². The Bertz CT molecular complexity index is 4030. The molecule has 31 N–H and O–H groups in total. The molecule has 21 amide bonds. The van der Waals surface area contributed by atoms with Gasteiger partial charge in [-0.1, -0.05) is 0 Å². The van der Waals surface area contributed by atoms with Crippen LogP contribution in [0.1, 0.15) is 129 Å². The molecule has 56 heteroatoms. The highest BCUT2D eigenvalue weighted by Gasteiger charge is 2.43. The number of hydrogen-bond acceptors (Lipinski definition) is 30. The third kappa shape index (κ3) is 39.7. The van der Waals surface area contributed by atoms with Crippen molar-refractivity contribution >= 4 is 179 Å². The summed E-state index contributed by atoms with van der Waals surface area (Å²) >= 11 is 8.07. The maximum absolute atomic E-state index is 14.2. The number of likely N-dealkylation sites (tertiary alicyclic amines) is 2. The van der Waals surface area contributed by atoms with Crippen LogP contribution >= 0.6 is 25.3 Å². The second kappa shape index (κ2) is 54.4. The van der Waals surface area contributed by atoms with Gasteiger partial charge in [0.05, 0.1) is 45.1 Å². The van der Waals surface area contributed by atoms with Crippen LogP contribution in [-0.4, -0.2) is 336 Å². The molecule has 0 aromatic rings. The first-order valence-corrected chi connectivity index (χ1v) is 39.7. The average Bonchev–Trinajstić information content (AvgIpc) is 1.74. The van der Waals surface area contributed by atoms with Crippen molar-refractivity contribution < 1.29 is 155 Å². The highest BCUT2D eigenvalue weighted by atomic mass is 32.1. The number of carboxylic acids is 5. The number of aliphatic hydroxyl groups excluding tert-OH is 1. The third-order valence-electron chi connectivity index (χ3n) is 18.4. The molecule has 2 fully saturated rings. The Hall–Kier alpha value is -13.2. The molecule has 0 radical (unpaired) electrons. The summed E-state index contributed by atoms with van der Waals surface area (Å²) in [5.74, 6) is -32.7. The lowest BCUT2D eigenvalue weighted by Crippen LogP contribution is -2.60. The second-order valence-corrected chi connectivity index (χ2v) is 29.1. The van der Waals surface area contributed by atoms with E-state index in [4.69, 9.17) is 28.7 Å². The monoisotopic (exact) mass is 1820 g/mol. The van der Waals surface area contributed by atoms with E-state index in [1.807, 2.05) is 0 Å². The lowest BCUT2D eigenvalue weighted by molar-refractivity contribution is -0.150. The van der Waals surface area contributed by atoms with Gasteiger partial charge in [-0.05, 0) is 78.1 Å². The standard InChI is InChI=1S/C69H106N22O32S2/c1-29(70)55(108)88-40(27-124)64(117)84-35(11-17-53(104)105)59(112)82-33(9-15-51(100)101)57(110)80-31(7-13-44(71)93)61(114)86-37(21-46(73)95)67(120)90-19-3-5-42(90)66(119)77-24-49(98)75-23-48(97)76-25-50(99)79-39(26-92)63(116)78-30(2)56(109)89-41(28-125)65(118)85-36(12-18-54(106)107)60(113)83-34(10-16-52(102)103)58(111)81-32(8-14-45(72)94)62(115)87-38(22-47(74)96)68(121)91-20-4-6-43(91)69(122)123/h29-43,92,124-125H,3-28,70H2,1-2H3,(H2,71,93)(H2,72,94)(H2,73,95)(H2,74,96)(H,75,98)(H,76,97)(H,77,119)(H,78,116)(H,79,99)(H,80,110)(H,81,111)(H,82,112)(H,83,113)(H,84,117)(H,85,118)(H,86,114)(H,87,115)(H,88,108)(H,89,109)(H,100,101)(H,102,103)(H,104,105)(H,106,107)(H,122,123)/t29-,30-,31-,32-,33-,34-,35-,36-,37-,38-,39-,40-,41-,42-,43-/m0/s1. The number of nitrogens with one attached hydrogen (secondary N) is 15. The summed E-state index contributed by atoms with van der Waals surface area (Å²) in [4.78, 5) is 338. The van der Waals surface area contributed by atoms with Crippen molar-refractivity contribution in [1.29, 1.82) is 0 Å². The molecule has 2 saturated heterocycles. The Balaban J connectivity index is 2.14. The molecule has 54 nitrogen and oxygen atoms in total. The lowest BCUT2D eigenvalue weighted by Gasteiger charge is -2.30. The minimum absolute atomic E-state index is 0.0141. The summed E-state index contributed by atoms with van der Waals surface area (Å²) in [5, 5.41) is 90.3. The van der Waals surface area contributed by atoms with Gasteiger partial charge >= 0.3 is 29.8 Å². The number of aliphatic hydroxyl groups is 1. The zero-order valence-electron chi connectivity index (χ0n) is 67.5. The number of carboxylic acid groups (broad SMARTS) is 5. The molecule has 0 aliphatic carbocycles. The molecule has 2 aliphatic heterocycles. The first-order valence-electron chi connectivity index (χ1n) is 38.4. The molecule has 2 aliphatic rings. The average molecular weight is 1820 g/mol. The number of hydrogen-bond donors (Lipinski definition) is 28. The minimum Gasteiger partial charge on any atom is -0.481 e. The topological polar surface area (TPSA) is 882 Å². The third-order valence-corrected chi connectivity index (χ3v) is 19.1. The summed E-state index contributed by atoms with van der Waals surface area (Å²) in [5.41, 5.74) is 26.9. The SMILES string of the molecule is C[C@H](N)C(=O)N[C@@H](CS)C(=O)N[C@@H](CCC(=O)O)C(=O)N[C@@H](CCC(=O)O)C(=O)N[C@@H](CCC(N)=O)C(=O)N[C@@H](CC(N)=O)C(=O)N1CCC[C@H]1C(=O)NCC(=O)NCC(=O)NCC(=O)N[C@@H](CO)C(=O)N[C@@H](C)C(=O)N[C@@H](CS)C(=O)N[C@@H](CCC(=O)O)C(=O)N[C@@H](CCC(=O)O)C(=O)N[C@@H](CCC(N)=O)C(=O)N[C@@H](CC(N)=O)C(=O)N1CCC[C@H]1C(=O)O. The van der Waals surface area contributed by atoms with E-state index in [2.05, 4.69) is 105 Å². The van der Waals surface area contributed by atoms with Gasteiger partial charge in [0.25, 0.3) is 0 Å². The van der Waals surface area contributed by atoms with Gasteiger partial charge in [0.2, 0.25) is 124 Å². The van der Waals surface area contributed by atoms with Crippen molar-refractivity contribution in [2.45, 2.75) is 220 Å². The number of carbonyl (C=O) groups is 26. The molecule has 125 heavy (non-hydrogen) atoms. The van der Waals surface area contributed by atoms with Crippen LogP contribution in [0.15, 0.2) is 0 Å². The Labute approximate surface area is 720 Å². The van der Waals surface area contributed by atoms with E-state index >= 15 is 0 Å². The largest absolute Gasteiger partial charge is 0.481 e.